The Hall–Kier alpha value is -1.30. The second kappa shape index (κ2) is 7.99. The molecule has 1 rings (SSSR count). The van der Waals surface area contributed by atoms with Crippen LogP contribution in [0.1, 0.15) is 19.4 Å². The number of nitrogens with one attached hydrogen (secondary N) is 1. The van der Waals surface area contributed by atoms with Crippen molar-refractivity contribution in [1.29, 1.82) is 0 Å². The minimum atomic E-state index is -0.893. The summed E-state index contributed by atoms with van der Waals surface area (Å²) in [6.07, 6.45) is -0.893. The van der Waals surface area contributed by atoms with Crippen LogP contribution in [-0.2, 0) is 6.54 Å². The van der Waals surface area contributed by atoms with Gasteiger partial charge in [-0.3, -0.25) is 0 Å². The molecule has 1 aromatic rings. The topological polar surface area (TPSA) is 71.0 Å². The zero-order chi connectivity index (χ0) is 14.3. The molecule has 5 nitrogen and oxygen atoms in total. The molecule has 1 unspecified atom stereocenters. The lowest BCUT2D eigenvalue weighted by Gasteiger charge is -2.17. The van der Waals surface area contributed by atoms with Gasteiger partial charge in [0.2, 0.25) is 0 Å². The first-order valence-electron chi connectivity index (χ1n) is 6.39. The number of methoxy groups -OCH3 is 1. The number of ether oxygens (including phenoxy) is 2. The van der Waals surface area contributed by atoms with Crippen molar-refractivity contribution in [3.05, 3.63) is 23.8 Å². The quantitative estimate of drug-likeness (QED) is 0.655. The van der Waals surface area contributed by atoms with E-state index in [-0.39, 0.29) is 13.2 Å². The van der Waals surface area contributed by atoms with Gasteiger partial charge in [-0.15, -0.1) is 0 Å². The molecule has 0 bridgehead atoms. The van der Waals surface area contributed by atoms with Crippen LogP contribution >= 0.6 is 0 Å². The summed E-state index contributed by atoms with van der Waals surface area (Å²) < 4.78 is 10.8. The average molecular weight is 269 g/mol. The van der Waals surface area contributed by atoms with E-state index >= 15 is 0 Å². The van der Waals surface area contributed by atoms with Crippen LogP contribution in [0.25, 0.3) is 0 Å². The van der Waals surface area contributed by atoms with Crippen LogP contribution in [0, 0.1) is 0 Å². The third-order valence-electron chi connectivity index (χ3n) is 2.61. The zero-order valence-corrected chi connectivity index (χ0v) is 11.7. The molecule has 0 heterocycles. The van der Waals surface area contributed by atoms with Crippen molar-refractivity contribution >= 4 is 0 Å². The summed E-state index contributed by atoms with van der Waals surface area (Å²) in [4.78, 5) is 0. The van der Waals surface area contributed by atoms with E-state index < -0.39 is 6.10 Å². The number of para-hydroxylation sites is 1. The summed E-state index contributed by atoms with van der Waals surface area (Å²) in [6.45, 7) is 4.49. The maximum Gasteiger partial charge on any atom is 0.165 e. The molecule has 1 aromatic carbocycles. The standard InChI is InChI=1S/C14H23NO4/c1-10(2)15-7-11-5-4-6-13(18-3)14(11)19-9-12(17)8-16/h4-6,10,12,15-17H,7-9H2,1-3H3. The minimum Gasteiger partial charge on any atom is -0.493 e. The Morgan fingerprint density at radius 2 is 2.05 bits per heavy atom. The predicted octanol–water partition coefficient (Wildman–Crippen LogP) is 0.925. The van der Waals surface area contributed by atoms with Crippen molar-refractivity contribution in [3.63, 3.8) is 0 Å². The summed E-state index contributed by atoms with van der Waals surface area (Å²) in [7, 11) is 1.57. The molecule has 0 spiro atoms. The Morgan fingerprint density at radius 1 is 1.32 bits per heavy atom. The maximum atomic E-state index is 9.36. The van der Waals surface area contributed by atoms with Gasteiger partial charge in [-0.2, -0.15) is 0 Å². The van der Waals surface area contributed by atoms with E-state index in [1.807, 2.05) is 12.1 Å². The van der Waals surface area contributed by atoms with E-state index in [1.54, 1.807) is 13.2 Å². The van der Waals surface area contributed by atoms with Gasteiger partial charge in [0.15, 0.2) is 11.5 Å². The molecule has 0 saturated heterocycles. The number of hydrogen-bond donors (Lipinski definition) is 3. The Bertz CT molecular complexity index is 382. The molecule has 19 heavy (non-hydrogen) atoms. The molecule has 0 amide bonds. The predicted molar refractivity (Wildman–Crippen MR) is 73.6 cm³/mol. The van der Waals surface area contributed by atoms with Gasteiger partial charge in [0.1, 0.15) is 12.7 Å². The summed E-state index contributed by atoms with van der Waals surface area (Å²) in [5.74, 6) is 1.22. The lowest BCUT2D eigenvalue weighted by Crippen LogP contribution is -2.24. The van der Waals surface area contributed by atoms with Crippen LogP contribution in [0.15, 0.2) is 18.2 Å². The van der Waals surface area contributed by atoms with Crippen LogP contribution in [0.3, 0.4) is 0 Å². The average Bonchev–Trinajstić information content (AvgIpc) is 2.42. The van der Waals surface area contributed by atoms with Gasteiger partial charge in [-0.1, -0.05) is 26.0 Å². The summed E-state index contributed by atoms with van der Waals surface area (Å²) in [5, 5.41) is 21.5. The van der Waals surface area contributed by atoms with E-state index in [1.165, 1.54) is 0 Å². The van der Waals surface area contributed by atoms with Crippen molar-refractivity contribution in [2.45, 2.75) is 32.5 Å². The highest BCUT2D eigenvalue weighted by Crippen LogP contribution is 2.31. The fourth-order valence-corrected chi connectivity index (χ4v) is 1.57. The smallest absolute Gasteiger partial charge is 0.165 e. The van der Waals surface area contributed by atoms with Crippen molar-refractivity contribution in [2.75, 3.05) is 20.3 Å². The van der Waals surface area contributed by atoms with Crippen molar-refractivity contribution in [3.8, 4) is 11.5 Å². The van der Waals surface area contributed by atoms with Gasteiger partial charge < -0.3 is 25.0 Å². The fourth-order valence-electron chi connectivity index (χ4n) is 1.57. The normalized spacial score (nSPS) is 12.5. The summed E-state index contributed by atoms with van der Waals surface area (Å²) in [6, 6.07) is 6.01. The minimum absolute atomic E-state index is 0.0333. The van der Waals surface area contributed by atoms with Crippen molar-refractivity contribution < 1.29 is 19.7 Å². The van der Waals surface area contributed by atoms with E-state index in [9.17, 15) is 5.11 Å². The van der Waals surface area contributed by atoms with E-state index in [0.717, 1.165) is 5.56 Å². The van der Waals surface area contributed by atoms with Gasteiger partial charge in [-0.05, 0) is 6.07 Å². The first kappa shape index (κ1) is 15.8. The third-order valence-corrected chi connectivity index (χ3v) is 2.61. The number of rotatable bonds is 8. The molecule has 0 fully saturated rings. The molecule has 3 N–H and O–H groups in total. The molecule has 0 saturated carbocycles. The SMILES string of the molecule is COc1cccc(CNC(C)C)c1OCC(O)CO. The highest BCUT2D eigenvalue weighted by molar-refractivity contribution is 5.46. The zero-order valence-electron chi connectivity index (χ0n) is 11.7. The monoisotopic (exact) mass is 269 g/mol. The third kappa shape index (κ3) is 5.06. The van der Waals surface area contributed by atoms with Gasteiger partial charge in [0.05, 0.1) is 13.7 Å². The molecule has 5 heteroatoms. The maximum absolute atomic E-state index is 9.36. The number of aliphatic hydroxyl groups is 2. The van der Waals surface area contributed by atoms with Crippen molar-refractivity contribution in [2.24, 2.45) is 0 Å². The lowest BCUT2D eigenvalue weighted by atomic mass is 10.1. The molecule has 0 aromatic heterocycles. The molecular formula is C14H23NO4. The molecule has 0 aliphatic carbocycles. The molecule has 108 valence electrons. The molecule has 0 aliphatic rings. The van der Waals surface area contributed by atoms with Crippen LogP contribution in [0.2, 0.25) is 0 Å². The van der Waals surface area contributed by atoms with Crippen LogP contribution < -0.4 is 14.8 Å². The molecule has 1 atom stereocenters. The molecular weight excluding hydrogens is 246 g/mol. The molecule has 0 aliphatic heterocycles. The van der Waals surface area contributed by atoms with Crippen LogP contribution in [0.4, 0.5) is 0 Å². The number of hydrogen-bond acceptors (Lipinski definition) is 5. The Labute approximate surface area is 114 Å². The van der Waals surface area contributed by atoms with E-state index in [4.69, 9.17) is 14.6 Å². The van der Waals surface area contributed by atoms with Gasteiger partial charge in [-0.25, -0.2) is 0 Å². The Balaban J connectivity index is 2.83. The van der Waals surface area contributed by atoms with E-state index in [0.29, 0.717) is 24.1 Å². The number of benzene rings is 1. The highest BCUT2D eigenvalue weighted by atomic mass is 16.5. The first-order valence-corrected chi connectivity index (χ1v) is 6.39. The van der Waals surface area contributed by atoms with Crippen LogP contribution in [-0.4, -0.2) is 42.7 Å². The second-order valence-electron chi connectivity index (χ2n) is 4.63. The van der Waals surface area contributed by atoms with Crippen molar-refractivity contribution in [1.82, 2.24) is 5.32 Å². The van der Waals surface area contributed by atoms with Gasteiger partial charge >= 0.3 is 0 Å². The summed E-state index contributed by atoms with van der Waals surface area (Å²) in [5.41, 5.74) is 0.957. The largest absolute Gasteiger partial charge is 0.493 e. The van der Waals surface area contributed by atoms with Gasteiger partial charge in [0, 0.05) is 18.2 Å². The second-order valence-corrected chi connectivity index (χ2v) is 4.63. The first-order chi connectivity index (χ1) is 9.08. The van der Waals surface area contributed by atoms with Gasteiger partial charge in [0.25, 0.3) is 0 Å². The van der Waals surface area contributed by atoms with E-state index in [2.05, 4.69) is 19.2 Å². The number of aliphatic hydroxyl groups excluding tert-OH is 2. The molecule has 0 radical (unpaired) electrons. The summed E-state index contributed by atoms with van der Waals surface area (Å²) >= 11 is 0. The Morgan fingerprint density at radius 3 is 2.63 bits per heavy atom. The fraction of sp³-hybridized carbons (Fsp3) is 0.571. The van der Waals surface area contributed by atoms with Crippen LogP contribution in [0.5, 0.6) is 11.5 Å². The highest BCUT2D eigenvalue weighted by Gasteiger charge is 2.12. The lowest BCUT2D eigenvalue weighted by molar-refractivity contribution is 0.0523. The Kier molecular flexibility index (Phi) is 6.62.